The molecule has 0 spiro atoms. The molecule has 2 rings (SSSR count). The van der Waals surface area contributed by atoms with E-state index in [0.29, 0.717) is 11.1 Å². The molecular weight excluding hydrogens is 256 g/mol. The fourth-order valence-electron chi connectivity index (χ4n) is 1.45. The molecule has 0 unspecified atom stereocenters. The van der Waals surface area contributed by atoms with Crippen molar-refractivity contribution < 1.29 is 14.7 Å². The number of nitrogens with one attached hydrogen (secondary N) is 1. The lowest BCUT2D eigenvalue weighted by Gasteiger charge is -1.95. The van der Waals surface area contributed by atoms with Gasteiger partial charge in [-0.2, -0.15) is 0 Å². The highest BCUT2D eigenvalue weighted by molar-refractivity contribution is 5.93. The highest BCUT2D eigenvalue weighted by atomic mass is 16.4. The SMILES string of the molecule is Cc1cccc(C(=O)O)c1.NNC(=O)c1ccccc1. The number of rotatable bonds is 2. The van der Waals surface area contributed by atoms with E-state index < -0.39 is 5.97 Å². The molecule has 20 heavy (non-hydrogen) atoms. The molecule has 0 aliphatic carbocycles. The number of aryl methyl sites for hydroxylation is 1. The zero-order chi connectivity index (χ0) is 15.0. The van der Waals surface area contributed by atoms with Crippen LogP contribution in [0.25, 0.3) is 0 Å². The lowest BCUT2D eigenvalue weighted by Crippen LogP contribution is -2.29. The fraction of sp³-hybridized carbons (Fsp3) is 0.0667. The van der Waals surface area contributed by atoms with Crippen LogP contribution < -0.4 is 11.3 Å². The molecule has 2 aromatic rings. The molecule has 5 nitrogen and oxygen atoms in total. The number of hydrogen-bond acceptors (Lipinski definition) is 3. The largest absolute Gasteiger partial charge is 0.478 e. The van der Waals surface area contributed by atoms with E-state index in [4.69, 9.17) is 10.9 Å². The monoisotopic (exact) mass is 272 g/mol. The number of carbonyl (C=O) groups excluding carboxylic acids is 1. The Morgan fingerprint density at radius 1 is 1.00 bits per heavy atom. The molecule has 0 atom stereocenters. The van der Waals surface area contributed by atoms with Gasteiger partial charge in [-0.3, -0.25) is 10.2 Å². The molecule has 2 aromatic carbocycles. The number of benzene rings is 2. The average molecular weight is 272 g/mol. The van der Waals surface area contributed by atoms with Crippen molar-refractivity contribution in [2.45, 2.75) is 6.92 Å². The van der Waals surface area contributed by atoms with Crippen molar-refractivity contribution in [2.75, 3.05) is 0 Å². The topological polar surface area (TPSA) is 92.4 Å². The van der Waals surface area contributed by atoms with E-state index in [1.165, 1.54) is 0 Å². The van der Waals surface area contributed by atoms with Gasteiger partial charge in [0.15, 0.2) is 0 Å². The summed E-state index contributed by atoms with van der Waals surface area (Å²) in [6.07, 6.45) is 0. The standard InChI is InChI=1S/C8H8O2.C7H8N2O/c1-6-3-2-4-7(5-6)8(9)10;8-9-7(10)6-4-2-1-3-5-6/h2-5H,1H3,(H,9,10);1-5H,8H2,(H,9,10). The Kier molecular flexibility index (Phi) is 5.93. The third kappa shape index (κ3) is 4.91. The van der Waals surface area contributed by atoms with Gasteiger partial charge in [0.05, 0.1) is 5.56 Å². The van der Waals surface area contributed by atoms with Gasteiger partial charge in [0.2, 0.25) is 0 Å². The smallest absolute Gasteiger partial charge is 0.335 e. The molecule has 5 heteroatoms. The Labute approximate surface area is 117 Å². The van der Waals surface area contributed by atoms with Crippen LogP contribution in [0.2, 0.25) is 0 Å². The lowest BCUT2D eigenvalue weighted by molar-refractivity contribution is 0.0696. The lowest BCUT2D eigenvalue weighted by atomic mass is 10.1. The molecule has 0 bridgehead atoms. The van der Waals surface area contributed by atoms with Crippen LogP contribution in [-0.4, -0.2) is 17.0 Å². The maximum absolute atomic E-state index is 10.8. The van der Waals surface area contributed by atoms with Crippen LogP contribution in [0, 0.1) is 6.92 Å². The van der Waals surface area contributed by atoms with Gasteiger partial charge in [-0.25, -0.2) is 10.6 Å². The van der Waals surface area contributed by atoms with Gasteiger partial charge in [-0.15, -0.1) is 0 Å². The van der Waals surface area contributed by atoms with Gasteiger partial charge in [-0.05, 0) is 31.2 Å². The number of nitrogens with two attached hydrogens (primary N) is 1. The molecule has 1 amide bonds. The van der Waals surface area contributed by atoms with Crippen molar-refractivity contribution in [3.63, 3.8) is 0 Å². The summed E-state index contributed by atoms with van der Waals surface area (Å²) in [6, 6.07) is 15.6. The predicted molar refractivity (Wildman–Crippen MR) is 76.2 cm³/mol. The first kappa shape index (κ1) is 15.4. The zero-order valence-corrected chi connectivity index (χ0v) is 11.0. The Bertz CT molecular complexity index is 583. The summed E-state index contributed by atoms with van der Waals surface area (Å²) in [5.74, 6) is 3.77. The molecule has 0 saturated carbocycles. The third-order valence-corrected chi connectivity index (χ3v) is 2.43. The van der Waals surface area contributed by atoms with Gasteiger partial charge in [-0.1, -0.05) is 35.9 Å². The van der Waals surface area contributed by atoms with Gasteiger partial charge in [0.1, 0.15) is 0 Å². The average Bonchev–Trinajstić information content (AvgIpc) is 2.48. The van der Waals surface area contributed by atoms with Crippen LogP contribution in [0.15, 0.2) is 54.6 Å². The molecule has 0 saturated heterocycles. The first-order chi connectivity index (χ1) is 9.54. The predicted octanol–water partition coefficient (Wildman–Crippen LogP) is 1.98. The van der Waals surface area contributed by atoms with E-state index >= 15 is 0 Å². The zero-order valence-electron chi connectivity index (χ0n) is 11.0. The number of carboxylic acid groups (broad SMARTS) is 1. The second kappa shape index (κ2) is 7.70. The van der Waals surface area contributed by atoms with Crippen molar-refractivity contribution in [3.05, 3.63) is 71.3 Å². The van der Waals surface area contributed by atoms with E-state index in [0.717, 1.165) is 5.56 Å². The van der Waals surface area contributed by atoms with Crippen LogP contribution in [0.4, 0.5) is 0 Å². The van der Waals surface area contributed by atoms with Crippen molar-refractivity contribution in [2.24, 2.45) is 5.84 Å². The number of hydrogen-bond donors (Lipinski definition) is 3. The van der Waals surface area contributed by atoms with Crippen LogP contribution in [0.5, 0.6) is 0 Å². The molecular formula is C15H16N2O3. The van der Waals surface area contributed by atoms with Crippen molar-refractivity contribution in [3.8, 4) is 0 Å². The summed E-state index contributed by atoms with van der Waals surface area (Å²) in [5, 5.41) is 8.51. The second-order valence-electron chi connectivity index (χ2n) is 4.01. The molecule has 0 aliphatic rings. The molecule has 0 fully saturated rings. The number of hydrazine groups is 1. The summed E-state index contributed by atoms with van der Waals surface area (Å²) in [4.78, 5) is 21.1. The summed E-state index contributed by atoms with van der Waals surface area (Å²) in [7, 11) is 0. The van der Waals surface area contributed by atoms with Crippen LogP contribution in [0.3, 0.4) is 0 Å². The second-order valence-corrected chi connectivity index (χ2v) is 4.01. The number of nitrogen functional groups attached to an aromatic ring is 1. The molecule has 4 N–H and O–H groups in total. The van der Waals surface area contributed by atoms with Crippen molar-refractivity contribution >= 4 is 11.9 Å². The Balaban J connectivity index is 0.000000200. The number of carbonyl (C=O) groups is 2. The normalized spacial score (nSPS) is 9.10. The molecule has 0 heterocycles. The Hall–Kier alpha value is -2.66. The van der Waals surface area contributed by atoms with E-state index in [2.05, 4.69) is 0 Å². The van der Waals surface area contributed by atoms with E-state index in [-0.39, 0.29) is 5.91 Å². The van der Waals surface area contributed by atoms with Crippen LogP contribution in [0.1, 0.15) is 26.3 Å². The van der Waals surface area contributed by atoms with Gasteiger partial charge in [0, 0.05) is 5.56 Å². The number of amides is 1. The number of carboxylic acids is 1. The maximum atomic E-state index is 10.8. The van der Waals surface area contributed by atoms with Crippen LogP contribution >= 0.6 is 0 Å². The summed E-state index contributed by atoms with van der Waals surface area (Å²) < 4.78 is 0. The van der Waals surface area contributed by atoms with E-state index in [1.807, 2.05) is 24.5 Å². The molecule has 0 aromatic heterocycles. The first-order valence-electron chi connectivity index (χ1n) is 5.90. The van der Waals surface area contributed by atoms with E-state index in [9.17, 15) is 9.59 Å². The van der Waals surface area contributed by atoms with Crippen LogP contribution in [-0.2, 0) is 0 Å². The minimum atomic E-state index is -0.872. The van der Waals surface area contributed by atoms with Crippen molar-refractivity contribution in [1.29, 1.82) is 0 Å². The van der Waals surface area contributed by atoms with Gasteiger partial charge in [0.25, 0.3) is 5.91 Å². The Morgan fingerprint density at radius 3 is 2.05 bits per heavy atom. The highest BCUT2D eigenvalue weighted by Crippen LogP contribution is 2.02. The summed E-state index contributed by atoms with van der Waals surface area (Å²) in [5.41, 5.74) is 3.94. The fourth-order valence-corrected chi connectivity index (χ4v) is 1.45. The Morgan fingerprint density at radius 2 is 1.60 bits per heavy atom. The first-order valence-corrected chi connectivity index (χ1v) is 5.90. The molecule has 104 valence electrons. The van der Waals surface area contributed by atoms with E-state index in [1.54, 1.807) is 42.5 Å². The minimum absolute atomic E-state index is 0.263. The van der Waals surface area contributed by atoms with Crippen molar-refractivity contribution in [1.82, 2.24) is 5.43 Å². The van der Waals surface area contributed by atoms with Gasteiger partial charge < -0.3 is 5.11 Å². The summed E-state index contributed by atoms with van der Waals surface area (Å²) >= 11 is 0. The van der Waals surface area contributed by atoms with Gasteiger partial charge >= 0.3 is 5.97 Å². The minimum Gasteiger partial charge on any atom is -0.478 e. The maximum Gasteiger partial charge on any atom is 0.335 e. The third-order valence-electron chi connectivity index (χ3n) is 2.43. The summed E-state index contributed by atoms with van der Waals surface area (Å²) in [6.45, 7) is 1.87. The molecule has 0 radical (unpaired) electrons. The quantitative estimate of drug-likeness (QED) is 0.443. The highest BCUT2D eigenvalue weighted by Gasteiger charge is 1.99. The number of aromatic carboxylic acids is 1. The molecule has 0 aliphatic heterocycles.